The lowest BCUT2D eigenvalue weighted by Gasteiger charge is -2.31. The van der Waals surface area contributed by atoms with Crippen molar-refractivity contribution in [2.45, 2.75) is 19.5 Å². The van der Waals surface area contributed by atoms with Gasteiger partial charge >= 0.3 is 0 Å². The number of likely N-dealkylation sites (N-methyl/N-ethyl adjacent to an activating group) is 1. The van der Waals surface area contributed by atoms with Gasteiger partial charge in [-0.3, -0.25) is 9.10 Å². The summed E-state index contributed by atoms with van der Waals surface area (Å²) in [6, 6.07) is 15.2. The molecule has 2 aromatic carbocycles. The van der Waals surface area contributed by atoms with Crippen LogP contribution in [0.25, 0.3) is 0 Å². The Morgan fingerprint density at radius 1 is 1.08 bits per heavy atom. The summed E-state index contributed by atoms with van der Waals surface area (Å²) >= 11 is 0. The van der Waals surface area contributed by atoms with Gasteiger partial charge in [0.25, 0.3) is 0 Å². The number of ether oxygens (including phenoxy) is 1. The van der Waals surface area contributed by atoms with Crippen molar-refractivity contribution in [1.82, 2.24) is 4.90 Å². The lowest BCUT2D eigenvalue weighted by Crippen LogP contribution is -2.48. The average molecular weight is 376 g/mol. The van der Waals surface area contributed by atoms with Crippen molar-refractivity contribution in [3.8, 4) is 5.75 Å². The molecule has 0 spiro atoms. The van der Waals surface area contributed by atoms with Crippen LogP contribution in [-0.2, 0) is 21.4 Å². The number of sulfonamides is 1. The number of amides is 1. The number of benzene rings is 2. The summed E-state index contributed by atoms with van der Waals surface area (Å²) in [4.78, 5) is 14.3. The van der Waals surface area contributed by atoms with Crippen LogP contribution in [-0.4, -0.2) is 45.7 Å². The van der Waals surface area contributed by atoms with Crippen LogP contribution in [0.15, 0.2) is 54.6 Å². The molecule has 0 radical (unpaired) electrons. The van der Waals surface area contributed by atoms with Crippen LogP contribution in [0.2, 0.25) is 0 Å². The second-order valence-corrected chi connectivity index (χ2v) is 7.97. The van der Waals surface area contributed by atoms with Gasteiger partial charge in [0.15, 0.2) is 0 Å². The van der Waals surface area contributed by atoms with Crippen molar-refractivity contribution in [2.24, 2.45) is 0 Å². The fourth-order valence-electron chi connectivity index (χ4n) is 2.78. The fourth-order valence-corrected chi connectivity index (χ4v) is 3.95. The van der Waals surface area contributed by atoms with Gasteiger partial charge in [-0.25, -0.2) is 8.42 Å². The number of nitrogens with zero attached hydrogens (tertiary/aromatic N) is 2. The number of anilines is 1. The van der Waals surface area contributed by atoms with E-state index in [1.54, 1.807) is 51.4 Å². The smallest absolute Gasteiger partial charge is 0.246 e. The number of methoxy groups -OCH3 is 1. The topological polar surface area (TPSA) is 66.9 Å². The minimum Gasteiger partial charge on any atom is -0.497 e. The average Bonchev–Trinajstić information content (AvgIpc) is 2.61. The maximum atomic E-state index is 12.8. The summed E-state index contributed by atoms with van der Waals surface area (Å²) in [7, 11) is -0.354. The Bertz CT molecular complexity index is 836. The van der Waals surface area contributed by atoms with Crippen LogP contribution in [0, 0.1) is 0 Å². The second-order valence-electron chi connectivity index (χ2n) is 6.11. The molecule has 0 heterocycles. The molecule has 0 unspecified atom stereocenters. The van der Waals surface area contributed by atoms with Gasteiger partial charge in [0.2, 0.25) is 15.9 Å². The first-order chi connectivity index (χ1) is 12.2. The molecule has 0 N–H and O–H groups in total. The summed E-state index contributed by atoms with van der Waals surface area (Å²) < 4.78 is 30.8. The molecule has 0 aliphatic rings. The Balaban J connectivity index is 2.19. The van der Waals surface area contributed by atoms with Gasteiger partial charge in [0.1, 0.15) is 11.8 Å². The van der Waals surface area contributed by atoms with Gasteiger partial charge in [-0.05, 0) is 36.8 Å². The SMILES string of the molecule is COc1ccc(CN(C)C(=O)[C@H](C)N(c2ccccc2)S(C)(=O)=O)cc1. The van der Waals surface area contributed by atoms with Gasteiger partial charge in [-0.1, -0.05) is 30.3 Å². The van der Waals surface area contributed by atoms with E-state index in [1.165, 1.54) is 4.90 Å². The van der Waals surface area contributed by atoms with Crippen LogP contribution in [0.1, 0.15) is 12.5 Å². The lowest BCUT2D eigenvalue weighted by atomic mass is 10.2. The van der Waals surface area contributed by atoms with Gasteiger partial charge in [0, 0.05) is 13.6 Å². The largest absolute Gasteiger partial charge is 0.497 e. The van der Waals surface area contributed by atoms with E-state index in [4.69, 9.17) is 4.74 Å². The van der Waals surface area contributed by atoms with Crippen LogP contribution in [0.4, 0.5) is 5.69 Å². The molecule has 0 aromatic heterocycles. The minimum atomic E-state index is -3.61. The first-order valence-corrected chi connectivity index (χ1v) is 10.0. The quantitative estimate of drug-likeness (QED) is 0.745. The molecule has 0 aliphatic carbocycles. The molecule has 0 fully saturated rings. The highest BCUT2D eigenvalue weighted by Crippen LogP contribution is 2.21. The number of hydrogen-bond donors (Lipinski definition) is 0. The minimum absolute atomic E-state index is 0.282. The molecule has 0 saturated carbocycles. The van der Waals surface area contributed by atoms with Crippen molar-refractivity contribution < 1.29 is 17.9 Å². The standard InChI is InChI=1S/C19H24N2O4S/c1-15(21(26(4,23)24)17-8-6-5-7-9-17)19(22)20(2)14-16-10-12-18(25-3)13-11-16/h5-13,15H,14H2,1-4H3/t15-/m0/s1. The molecule has 1 atom stereocenters. The summed E-state index contributed by atoms with van der Waals surface area (Å²) in [6.07, 6.45) is 1.10. The summed E-state index contributed by atoms with van der Waals surface area (Å²) in [6.45, 7) is 1.97. The van der Waals surface area contributed by atoms with Gasteiger partial charge < -0.3 is 9.64 Å². The van der Waals surface area contributed by atoms with E-state index in [1.807, 2.05) is 24.3 Å². The predicted molar refractivity (Wildman–Crippen MR) is 103 cm³/mol. The van der Waals surface area contributed by atoms with Crippen LogP contribution < -0.4 is 9.04 Å². The Hall–Kier alpha value is -2.54. The molecule has 26 heavy (non-hydrogen) atoms. The Morgan fingerprint density at radius 3 is 2.15 bits per heavy atom. The van der Waals surface area contributed by atoms with Crippen molar-refractivity contribution in [1.29, 1.82) is 0 Å². The lowest BCUT2D eigenvalue weighted by molar-refractivity contribution is -0.131. The number of para-hydroxylation sites is 1. The Labute approximate surface area is 155 Å². The van der Waals surface area contributed by atoms with Crippen molar-refractivity contribution in [3.05, 3.63) is 60.2 Å². The van der Waals surface area contributed by atoms with E-state index in [2.05, 4.69) is 0 Å². The Morgan fingerprint density at radius 2 is 1.65 bits per heavy atom. The summed E-state index contributed by atoms with van der Waals surface area (Å²) in [5, 5.41) is 0. The van der Waals surface area contributed by atoms with Gasteiger partial charge in [0.05, 0.1) is 19.1 Å². The molecule has 2 aromatic rings. The third-order valence-corrected chi connectivity index (χ3v) is 5.27. The summed E-state index contributed by atoms with van der Waals surface area (Å²) in [5.74, 6) is 0.457. The zero-order chi connectivity index (χ0) is 19.3. The van der Waals surface area contributed by atoms with E-state index in [0.29, 0.717) is 12.2 Å². The van der Waals surface area contributed by atoms with Crippen LogP contribution in [0.5, 0.6) is 5.75 Å². The first kappa shape index (κ1) is 19.8. The van der Waals surface area contributed by atoms with Crippen molar-refractivity contribution in [3.63, 3.8) is 0 Å². The maximum absolute atomic E-state index is 12.8. The molecule has 2 rings (SSSR count). The molecule has 0 saturated heterocycles. The number of hydrogen-bond acceptors (Lipinski definition) is 4. The highest BCUT2D eigenvalue weighted by Gasteiger charge is 2.30. The molecular weight excluding hydrogens is 352 g/mol. The van der Waals surface area contributed by atoms with E-state index < -0.39 is 16.1 Å². The second kappa shape index (κ2) is 8.23. The van der Waals surface area contributed by atoms with E-state index in [0.717, 1.165) is 21.9 Å². The first-order valence-electron chi connectivity index (χ1n) is 8.16. The van der Waals surface area contributed by atoms with Crippen molar-refractivity contribution in [2.75, 3.05) is 24.7 Å². The number of rotatable bonds is 7. The van der Waals surface area contributed by atoms with Crippen molar-refractivity contribution >= 4 is 21.6 Å². The fraction of sp³-hybridized carbons (Fsp3) is 0.316. The Kier molecular flexibility index (Phi) is 6.26. The maximum Gasteiger partial charge on any atom is 0.246 e. The third kappa shape index (κ3) is 4.76. The van der Waals surface area contributed by atoms with Crippen LogP contribution >= 0.6 is 0 Å². The molecule has 0 bridgehead atoms. The monoisotopic (exact) mass is 376 g/mol. The van der Waals surface area contributed by atoms with Gasteiger partial charge in [-0.15, -0.1) is 0 Å². The molecule has 1 amide bonds. The predicted octanol–water partition coefficient (Wildman–Crippen LogP) is 2.51. The highest BCUT2D eigenvalue weighted by molar-refractivity contribution is 7.92. The van der Waals surface area contributed by atoms with E-state index in [-0.39, 0.29) is 5.91 Å². The summed E-state index contributed by atoms with van der Waals surface area (Å²) in [5.41, 5.74) is 1.40. The molecular formula is C19H24N2O4S. The van der Waals surface area contributed by atoms with Crippen LogP contribution in [0.3, 0.4) is 0 Å². The zero-order valence-corrected chi connectivity index (χ0v) is 16.2. The van der Waals surface area contributed by atoms with Gasteiger partial charge in [-0.2, -0.15) is 0 Å². The zero-order valence-electron chi connectivity index (χ0n) is 15.4. The molecule has 7 heteroatoms. The molecule has 140 valence electrons. The molecule has 6 nitrogen and oxygen atoms in total. The molecule has 0 aliphatic heterocycles. The normalized spacial score (nSPS) is 12.3. The third-order valence-electron chi connectivity index (χ3n) is 4.03. The number of carbonyl (C=O) groups excluding carboxylic acids is 1. The highest BCUT2D eigenvalue weighted by atomic mass is 32.2. The number of carbonyl (C=O) groups is 1. The van der Waals surface area contributed by atoms with E-state index in [9.17, 15) is 13.2 Å². The van der Waals surface area contributed by atoms with E-state index >= 15 is 0 Å².